The van der Waals surface area contributed by atoms with Gasteiger partial charge in [0.15, 0.2) is 0 Å². The SMILES string of the molecule is Cc1ccc(C(=O)NC2CC2)cc1-c1ccc2c(c1)CN([C@@H](CO)[C@@H](O)c1ccccc1)C2=O. The smallest absolute Gasteiger partial charge is 0.254 e. The average molecular weight is 457 g/mol. The van der Waals surface area contributed by atoms with Gasteiger partial charge in [0, 0.05) is 23.7 Å². The fourth-order valence-electron chi connectivity index (χ4n) is 4.59. The van der Waals surface area contributed by atoms with E-state index in [9.17, 15) is 19.8 Å². The van der Waals surface area contributed by atoms with Gasteiger partial charge in [0.2, 0.25) is 0 Å². The lowest BCUT2D eigenvalue weighted by Crippen LogP contribution is -2.42. The minimum absolute atomic E-state index is 0.0630. The summed E-state index contributed by atoms with van der Waals surface area (Å²) in [6, 6.07) is 20.0. The minimum Gasteiger partial charge on any atom is -0.394 e. The molecule has 2 amide bonds. The van der Waals surface area contributed by atoms with E-state index in [1.165, 1.54) is 0 Å². The second-order valence-corrected chi connectivity index (χ2v) is 9.19. The fraction of sp³-hybridized carbons (Fsp3) is 0.286. The third-order valence-corrected chi connectivity index (χ3v) is 6.75. The van der Waals surface area contributed by atoms with Crippen molar-refractivity contribution in [1.82, 2.24) is 10.2 Å². The Labute approximate surface area is 198 Å². The third-order valence-electron chi connectivity index (χ3n) is 6.75. The number of carbonyl (C=O) groups is 2. The van der Waals surface area contributed by atoms with Gasteiger partial charge in [-0.1, -0.05) is 42.5 Å². The second kappa shape index (κ2) is 9.05. The zero-order valence-corrected chi connectivity index (χ0v) is 19.1. The van der Waals surface area contributed by atoms with Crippen molar-refractivity contribution in [2.75, 3.05) is 6.61 Å². The van der Waals surface area contributed by atoms with Gasteiger partial charge in [-0.25, -0.2) is 0 Å². The average Bonchev–Trinajstić information content (AvgIpc) is 3.62. The number of aryl methyl sites for hydroxylation is 1. The van der Waals surface area contributed by atoms with Gasteiger partial charge in [0.05, 0.1) is 12.6 Å². The van der Waals surface area contributed by atoms with Crippen LogP contribution in [-0.4, -0.2) is 45.6 Å². The summed E-state index contributed by atoms with van der Waals surface area (Å²) in [5.74, 6) is -0.267. The second-order valence-electron chi connectivity index (χ2n) is 9.19. The highest BCUT2D eigenvalue weighted by Crippen LogP contribution is 2.34. The van der Waals surface area contributed by atoms with Gasteiger partial charge in [-0.3, -0.25) is 9.59 Å². The summed E-state index contributed by atoms with van der Waals surface area (Å²) in [5.41, 5.74) is 5.60. The molecule has 3 N–H and O–H groups in total. The monoisotopic (exact) mass is 456 g/mol. The molecule has 2 aliphatic rings. The number of nitrogens with one attached hydrogen (secondary N) is 1. The molecule has 0 spiro atoms. The van der Waals surface area contributed by atoms with Crippen LogP contribution in [0.3, 0.4) is 0 Å². The lowest BCUT2D eigenvalue weighted by molar-refractivity contribution is 0.0152. The molecular weight excluding hydrogens is 428 g/mol. The Morgan fingerprint density at radius 1 is 1.06 bits per heavy atom. The molecule has 6 heteroatoms. The highest BCUT2D eigenvalue weighted by Gasteiger charge is 2.36. The first-order valence-corrected chi connectivity index (χ1v) is 11.7. The molecule has 1 fully saturated rings. The zero-order chi connectivity index (χ0) is 23.8. The van der Waals surface area contributed by atoms with Gasteiger partial charge in [0.25, 0.3) is 11.8 Å². The number of aliphatic hydroxyl groups excluding tert-OH is 2. The van der Waals surface area contributed by atoms with Crippen LogP contribution in [0, 0.1) is 6.92 Å². The number of hydrogen-bond donors (Lipinski definition) is 3. The number of rotatable bonds is 7. The first-order valence-electron chi connectivity index (χ1n) is 11.7. The summed E-state index contributed by atoms with van der Waals surface area (Å²) in [4.78, 5) is 27.2. The molecule has 0 radical (unpaired) electrons. The number of aliphatic hydroxyl groups is 2. The summed E-state index contributed by atoms with van der Waals surface area (Å²) >= 11 is 0. The summed E-state index contributed by atoms with van der Waals surface area (Å²) in [6.07, 6.45) is 1.08. The van der Waals surface area contributed by atoms with Crippen LogP contribution < -0.4 is 5.32 Å². The summed E-state index contributed by atoms with van der Waals surface area (Å²) < 4.78 is 0. The Balaban J connectivity index is 1.41. The van der Waals surface area contributed by atoms with Crippen LogP contribution in [0.15, 0.2) is 66.7 Å². The number of amides is 2. The van der Waals surface area contributed by atoms with Gasteiger partial charge in [-0.15, -0.1) is 0 Å². The summed E-state index contributed by atoms with van der Waals surface area (Å²) in [6.45, 7) is 1.96. The van der Waals surface area contributed by atoms with E-state index in [1.807, 2.05) is 55.5 Å². The van der Waals surface area contributed by atoms with Gasteiger partial charge in [-0.05, 0) is 71.8 Å². The fourth-order valence-corrected chi connectivity index (χ4v) is 4.59. The normalized spacial score (nSPS) is 16.8. The molecular formula is C28H28N2O4. The van der Waals surface area contributed by atoms with E-state index < -0.39 is 12.1 Å². The molecule has 1 aliphatic carbocycles. The van der Waals surface area contributed by atoms with E-state index in [-0.39, 0.29) is 18.4 Å². The van der Waals surface area contributed by atoms with Crippen molar-refractivity contribution < 1.29 is 19.8 Å². The van der Waals surface area contributed by atoms with E-state index in [2.05, 4.69) is 5.32 Å². The largest absolute Gasteiger partial charge is 0.394 e. The van der Waals surface area contributed by atoms with Crippen LogP contribution in [0.4, 0.5) is 0 Å². The minimum atomic E-state index is -0.993. The van der Waals surface area contributed by atoms with E-state index >= 15 is 0 Å². The van der Waals surface area contributed by atoms with Gasteiger partial charge < -0.3 is 20.4 Å². The Morgan fingerprint density at radius 2 is 1.82 bits per heavy atom. The first kappa shape index (κ1) is 22.3. The van der Waals surface area contributed by atoms with Crippen molar-refractivity contribution in [1.29, 1.82) is 0 Å². The topological polar surface area (TPSA) is 89.9 Å². The maximum atomic E-state index is 13.2. The van der Waals surface area contributed by atoms with Gasteiger partial charge in [0.1, 0.15) is 6.10 Å². The van der Waals surface area contributed by atoms with Crippen molar-refractivity contribution in [3.05, 3.63) is 94.5 Å². The highest BCUT2D eigenvalue weighted by molar-refractivity contribution is 6.00. The van der Waals surface area contributed by atoms with Crippen molar-refractivity contribution in [2.24, 2.45) is 0 Å². The molecule has 3 aromatic rings. The molecule has 1 aliphatic heterocycles. The van der Waals surface area contributed by atoms with Gasteiger partial charge in [-0.2, -0.15) is 0 Å². The Kier molecular flexibility index (Phi) is 5.94. The predicted molar refractivity (Wildman–Crippen MR) is 129 cm³/mol. The first-order chi connectivity index (χ1) is 16.5. The highest BCUT2D eigenvalue weighted by atomic mass is 16.3. The summed E-state index contributed by atoms with van der Waals surface area (Å²) in [7, 11) is 0. The third kappa shape index (κ3) is 4.22. The molecule has 1 saturated carbocycles. The molecule has 0 bridgehead atoms. The molecule has 34 heavy (non-hydrogen) atoms. The molecule has 2 atom stereocenters. The van der Waals surface area contributed by atoms with E-state index in [1.54, 1.807) is 23.1 Å². The van der Waals surface area contributed by atoms with Crippen LogP contribution in [0.1, 0.15) is 56.4 Å². The molecule has 0 saturated heterocycles. The quantitative estimate of drug-likeness (QED) is 0.507. The predicted octanol–water partition coefficient (Wildman–Crippen LogP) is 3.60. The Bertz CT molecular complexity index is 1240. The number of nitrogens with zero attached hydrogens (tertiary/aromatic N) is 1. The maximum absolute atomic E-state index is 13.2. The number of fused-ring (bicyclic) bond motifs is 1. The number of hydrogen-bond acceptors (Lipinski definition) is 4. The Hall–Kier alpha value is -3.48. The lowest BCUT2D eigenvalue weighted by Gasteiger charge is -2.30. The van der Waals surface area contributed by atoms with Crippen molar-refractivity contribution in [3.8, 4) is 11.1 Å². The molecule has 5 rings (SSSR count). The molecule has 0 aromatic heterocycles. The van der Waals surface area contributed by atoms with Gasteiger partial charge >= 0.3 is 0 Å². The number of benzene rings is 3. The maximum Gasteiger partial charge on any atom is 0.254 e. The van der Waals surface area contributed by atoms with Crippen LogP contribution in [0.5, 0.6) is 0 Å². The zero-order valence-electron chi connectivity index (χ0n) is 19.1. The van der Waals surface area contributed by atoms with E-state index in [0.717, 1.165) is 35.1 Å². The van der Waals surface area contributed by atoms with E-state index in [4.69, 9.17) is 0 Å². The summed E-state index contributed by atoms with van der Waals surface area (Å²) in [5, 5.41) is 23.9. The Morgan fingerprint density at radius 3 is 2.53 bits per heavy atom. The molecule has 174 valence electrons. The standard InChI is InChI=1S/C28H28N2O4/c1-17-7-8-20(27(33)29-22-10-11-22)14-24(17)19-9-12-23-21(13-19)15-30(28(23)34)25(16-31)26(32)18-5-3-2-4-6-18/h2-9,12-14,22,25-26,31-32H,10-11,15-16H2,1H3,(H,29,33)/t25-,26-/m0/s1. The molecule has 0 unspecified atom stereocenters. The van der Waals surface area contributed by atoms with Crippen molar-refractivity contribution in [3.63, 3.8) is 0 Å². The van der Waals surface area contributed by atoms with E-state index in [0.29, 0.717) is 29.3 Å². The van der Waals surface area contributed by atoms with Crippen LogP contribution in [-0.2, 0) is 6.54 Å². The molecule has 6 nitrogen and oxygen atoms in total. The van der Waals surface area contributed by atoms with Crippen LogP contribution >= 0.6 is 0 Å². The van der Waals surface area contributed by atoms with Crippen LogP contribution in [0.2, 0.25) is 0 Å². The molecule has 1 heterocycles. The van der Waals surface area contributed by atoms with Crippen molar-refractivity contribution in [2.45, 2.75) is 44.5 Å². The number of carbonyl (C=O) groups excluding carboxylic acids is 2. The van der Waals surface area contributed by atoms with Crippen LogP contribution in [0.25, 0.3) is 11.1 Å². The van der Waals surface area contributed by atoms with Crippen molar-refractivity contribution >= 4 is 11.8 Å². The molecule has 3 aromatic carbocycles. The lowest BCUT2D eigenvalue weighted by atomic mass is 9.95.